The highest BCUT2D eigenvalue weighted by atomic mass is 32.2. The van der Waals surface area contributed by atoms with E-state index in [2.05, 4.69) is 11.4 Å². The van der Waals surface area contributed by atoms with E-state index in [1.54, 1.807) is 30.0 Å². The number of hydrogen-bond donors (Lipinski definition) is 2. The van der Waals surface area contributed by atoms with Gasteiger partial charge < -0.3 is 10.4 Å². The van der Waals surface area contributed by atoms with Crippen molar-refractivity contribution >= 4 is 29.0 Å². The van der Waals surface area contributed by atoms with E-state index >= 15 is 0 Å². The van der Waals surface area contributed by atoms with Crippen LogP contribution in [-0.4, -0.2) is 35.2 Å². The van der Waals surface area contributed by atoms with Gasteiger partial charge in [-0.1, -0.05) is 18.9 Å². The number of carbonyl (C=O) groups is 1. The van der Waals surface area contributed by atoms with Crippen LogP contribution in [-0.2, 0) is 10.2 Å². The highest BCUT2D eigenvalue weighted by Crippen LogP contribution is 2.43. The summed E-state index contributed by atoms with van der Waals surface area (Å²) in [6.07, 6.45) is 6.78. The van der Waals surface area contributed by atoms with Crippen LogP contribution < -0.4 is 5.32 Å². The van der Waals surface area contributed by atoms with E-state index in [4.69, 9.17) is 0 Å². The number of nitrogens with one attached hydrogen (secondary N) is 1. The average Bonchev–Trinajstić information content (AvgIpc) is 3.13. The van der Waals surface area contributed by atoms with Gasteiger partial charge in [0.25, 0.3) is 0 Å². The lowest BCUT2D eigenvalue weighted by molar-refractivity contribution is -0.127. The van der Waals surface area contributed by atoms with Gasteiger partial charge in [0.15, 0.2) is 0 Å². The molecule has 0 bridgehead atoms. The Kier molecular flexibility index (Phi) is 5.74. The maximum absolute atomic E-state index is 12.8. The summed E-state index contributed by atoms with van der Waals surface area (Å²) in [7, 11) is 0. The topological polar surface area (TPSA) is 49.3 Å². The molecule has 1 aromatic rings. The van der Waals surface area contributed by atoms with Crippen molar-refractivity contribution in [3.63, 3.8) is 0 Å². The molecule has 0 radical (unpaired) electrons. The minimum atomic E-state index is -0.825. The molecule has 0 aromatic carbocycles. The summed E-state index contributed by atoms with van der Waals surface area (Å²) in [5.41, 5.74) is -1.18. The van der Waals surface area contributed by atoms with E-state index in [0.29, 0.717) is 13.0 Å². The fourth-order valence-electron chi connectivity index (χ4n) is 2.96. The minimum absolute atomic E-state index is 0.0897. The molecule has 2 rings (SSSR count). The molecule has 2 N–H and O–H groups in total. The van der Waals surface area contributed by atoms with Crippen molar-refractivity contribution in [1.82, 2.24) is 5.32 Å². The Hall–Kier alpha value is -0.520. The first kappa shape index (κ1) is 16.8. The molecular formula is C16H25NO2S2. The van der Waals surface area contributed by atoms with Gasteiger partial charge in [0.2, 0.25) is 5.91 Å². The molecule has 1 amide bonds. The van der Waals surface area contributed by atoms with Gasteiger partial charge >= 0.3 is 0 Å². The van der Waals surface area contributed by atoms with Gasteiger partial charge in [-0.15, -0.1) is 11.3 Å². The highest BCUT2D eigenvalue weighted by molar-refractivity contribution is 7.98. The molecule has 21 heavy (non-hydrogen) atoms. The molecule has 0 unspecified atom stereocenters. The van der Waals surface area contributed by atoms with Crippen molar-refractivity contribution in [2.24, 2.45) is 0 Å². The predicted molar refractivity (Wildman–Crippen MR) is 91.1 cm³/mol. The van der Waals surface area contributed by atoms with E-state index < -0.39 is 5.60 Å². The van der Waals surface area contributed by atoms with E-state index in [1.165, 1.54) is 4.88 Å². The molecule has 1 heterocycles. The maximum atomic E-state index is 12.8. The number of thioether (sulfide) groups is 1. The summed E-state index contributed by atoms with van der Waals surface area (Å²) in [5.74, 6) is 0.991. The molecule has 118 valence electrons. The number of aliphatic hydroxyl groups is 1. The van der Waals surface area contributed by atoms with Crippen molar-refractivity contribution in [3.05, 3.63) is 22.4 Å². The lowest BCUT2D eigenvalue weighted by atomic mass is 9.83. The largest absolute Gasteiger partial charge is 0.388 e. The first-order chi connectivity index (χ1) is 10.0. The molecule has 1 aliphatic rings. The number of amides is 1. The fraction of sp³-hybridized carbons (Fsp3) is 0.688. The lowest BCUT2D eigenvalue weighted by Crippen LogP contribution is -2.48. The quantitative estimate of drug-likeness (QED) is 0.809. The summed E-state index contributed by atoms with van der Waals surface area (Å²) >= 11 is 3.38. The monoisotopic (exact) mass is 327 g/mol. The van der Waals surface area contributed by atoms with Crippen LogP contribution in [0.1, 0.15) is 43.9 Å². The zero-order chi connectivity index (χ0) is 15.3. The minimum Gasteiger partial charge on any atom is -0.388 e. The Morgan fingerprint density at radius 2 is 2.24 bits per heavy atom. The maximum Gasteiger partial charge on any atom is 0.231 e. The molecule has 1 aromatic heterocycles. The molecule has 1 aliphatic carbocycles. The van der Waals surface area contributed by atoms with Gasteiger partial charge in [0, 0.05) is 11.4 Å². The van der Waals surface area contributed by atoms with Crippen LogP contribution >= 0.6 is 23.1 Å². The molecule has 0 saturated heterocycles. The molecule has 3 nitrogen and oxygen atoms in total. The molecule has 1 fully saturated rings. The first-order valence-electron chi connectivity index (χ1n) is 7.54. The molecule has 0 aliphatic heterocycles. The van der Waals surface area contributed by atoms with E-state index in [9.17, 15) is 9.90 Å². The summed E-state index contributed by atoms with van der Waals surface area (Å²) in [6.45, 7) is 2.13. The van der Waals surface area contributed by atoms with E-state index in [-0.39, 0.29) is 11.3 Å². The summed E-state index contributed by atoms with van der Waals surface area (Å²) in [5, 5.41) is 15.4. The fourth-order valence-corrected chi connectivity index (χ4v) is 4.59. The SMILES string of the molecule is CSCC[C@](C)(O)CNC(=O)C1(c2cccs2)CCCC1. The third-order valence-electron chi connectivity index (χ3n) is 4.36. The summed E-state index contributed by atoms with van der Waals surface area (Å²) in [6, 6.07) is 4.09. The number of carbonyl (C=O) groups excluding carboxylic acids is 1. The number of rotatable bonds is 7. The molecular weight excluding hydrogens is 302 g/mol. The Morgan fingerprint density at radius 1 is 1.52 bits per heavy atom. The first-order valence-corrected chi connectivity index (χ1v) is 9.81. The normalized spacial score (nSPS) is 20.1. The molecule has 5 heteroatoms. The molecule has 0 spiro atoms. The summed E-state index contributed by atoms with van der Waals surface area (Å²) in [4.78, 5) is 13.9. The zero-order valence-electron chi connectivity index (χ0n) is 12.9. The zero-order valence-corrected chi connectivity index (χ0v) is 14.5. The Bertz CT molecular complexity index is 451. The standard InChI is InChI=1S/C16H25NO2S2/c1-15(19,9-11-20-2)12-17-14(18)16(7-3-4-8-16)13-6-5-10-21-13/h5-6,10,19H,3-4,7-9,11-12H2,1-2H3,(H,17,18)/t15-/m0/s1. The molecule has 1 saturated carbocycles. The van der Waals surface area contributed by atoms with Gasteiger partial charge in [0.1, 0.15) is 0 Å². The van der Waals surface area contributed by atoms with Gasteiger partial charge in [-0.3, -0.25) is 4.79 Å². The third-order valence-corrected chi connectivity index (χ3v) is 6.05. The van der Waals surface area contributed by atoms with Crippen LogP contribution in [0.15, 0.2) is 17.5 Å². The van der Waals surface area contributed by atoms with E-state index in [1.807, 2.05) is 17.7 Å². The van der Waals surface area contributed by atoms with Gasteiger partial charge in [0.05, 0.1) is 11.0 Å². The molecule has 1 atom stereocenters. The van der Waals surface area contributed by atoms with Crippen LogP contribution in [0.2, 0.25) is 0 Å². The van der Waals surface area contributed by atoms with Crippen molar-refractivity contribution in [1.29, 1.82) is 0 Å². The summed E-state index contributed by atoms with van der Waals surface area (Å²) < 4.78 is 0. The van der Waals surface area contributed by atoms with Crippen molar-refractivity contribution < 1.29 is 9.90 Å². The second kappa shape index (κ2) is 7.16. The van der Waals surface area contributed by atoms with Crippen molar-refractivity contribution in [2.75, 3.05) is 18.6 Å². The van der Waals surface area contributed by atoms with Crippen LogP contribution in [0.5, 0.6) is 0 Å². The number of hydrogen-bond acceptors (Lipinski definition) is 4. The van der Waals surface area contributed by atoms with Gasteiger partial charge in [-0.2, -0.15) is 11.8 Å². The van der Waals surface area contributed by atoms with Crippen LogP contribution in [0.3, 0.4) is 0 Å². The van der Waals surface area contributed by atoms with Gasteiger partial charge in [-0.25, -0.2) is 0 Å². The number of thiophene rings is 1. The van der Waals surface area contributed by atoms with Gasteiger partial charge in [-0.05, 0) is 49.6 Å². The lowest BCUT2D eigenvalue weighted by Gasteiger charge is -2.30. The van der Waals surface area contributed by atoms with Crippen LogP contribution in [0.25, 0.3) is 0 Å². The third kappa shape index (κ3) is 4.02. The van der Waals surface area contributed by atoms with Crippen LogP contribution in [0, 0.1) is 0 Å². The Morgan fingerprint density at radius 3 is 2.81 bits per heavy atom. The Balaban J connectivity index is 2.01. The van der Waals surface area contributed by atoms with Crippen molar-refractivity contribution in [3.8, 4) is 0 Å². The van der Waals surface area contributed by atoms with Crippen LogP contribution in [0.4, 0.5) is 0 Å². The predicted octanol–water partition coefficient (Wildman–Crippen LogP) is 3.18. The van der Waals surface area contributed by atoms with Crippen molar-refractivity contribution in [2.45, 2.75) is 50.0 Å². The smallest absolute Gasteiger partial charge is 0.231 e. The van der Waals surface area contributed by atoms with E-state index in [0.717, 1.165) is 31.4 Å². The second-order valence-electron chi connectivity index (χ2n) is 6.19. The average molecular weight is 328 g/mol. The second-order valence-corrected chi connectivity index (χ2v) is 8.12. The highest BCUT2D eigenvalue weighted by Gasteiger charge is 2.43. The Labute approximate surface area is 135 Å².